The van der Waals surface area contributed by atoms with Crippen molar-refractivity contribution >= 4 is 40.8 Å². The minimum Gasteiger partial charge on any atom is -0.493 e. The number of fused-ring (bicyclic) bond motifs is 4. The number of esters is 2. The Morgan fingerprint density at radius 2 is 1.80 bits per heavy atom. The number of hydrogen-bond acceptors (Lipinski definition) is 10. The van der Waals surface area contributed by atoms with Crippen LogP contribution in [-0.4, -0.2) is 80.8 Å². The zero-order chi connectivity index (χ0) is 39.6. The van der Waals surface area contributed by atoms with Gasteiger partial charge in [0.05, 0.1) is 32.6 Å². The maximum absolute atomic E-state index is 13.6. The summed E-state index contributed by atoms with van der Waals surface area (Å²) in [5.74, 6) is 2.52. The maximum Gasteiger partial charge on any atom is 0.331 e. The number of nitrogens with one attached hydrogen (secondary N) is 1. The van der Waals surface area contributed by atoms with Crippen molar-refractivity contribution < 1.29 is 33.3 Å². The maximum atomic E-state index is 13.6. The van der Waals surface area contributed by atoms with Crippen LogP contribution < -0.4 is 19.5 Å². The Balaban J connectivity index is 1.14. The zero-order valence-electron chi connectivity index (χ0n) is 33.2. The van der Waals surface area contributed by atoms with E-state index >= 15 is 0 Å². The smallest absolute Gasteiger partial charge is 0.331 e. The summed E-state index contributed by atoms with van der Waals surface area (Å²) in [4.78, 5) is 32.6. The molecule has 10 nitrogen and oxygen atoms in total. The number of hydrogen-bond donors (Lipinski definition) is 1. The van der Waals surface area contributed by atoms with E-state index in [9.17, 15) is 9.59 Å². The summed E-state index contributed by atoms with van der Waals surface area (Å²) in [5, 5.41) is 4.17. The topological polar surface area (TPSA) is 108 Å². The van der Waals surface area contributed by atoms with Gasteiger partial charge in [0.1, 0.15) is 23.3 Å². The van der Waals surface area contributed by atoms with Crippen LogP contribution in [-0.2, 0) is 30.9 Å². The second kappa shape index (κ2) is 17.0. The minimum atomic E-state index is -0.884. The van der Waals surface area contributed by atoms with Crippen LogP contribution in [0.2, 0.25) is 5.02 Å². The highest BCUT2D eigenvalue weighted by atomic mass is 35.5. The van der Waals surface area contributed by atoms with Gasteiger partial charge >= 0.3 is 11.9 Å². The van der Waals surface area contributed by atoms with Crippen molar-refractivity contribution in [3.63, 3.8) is 0 Å². The fourth-order valence-electron chi connectivity index (χ4n) is 9.88. The molecule has 0 radical (unpaired) electrons. The summed E-state index contributed by atoms with van der Waals surface area (Å²) in [7, 11) is 5.61. The molecule has 4 aliphatic rings. The highest BCUT2D eigenvalue weighted by Gasteiger charge is 2.55. The van der Waals surface area contributed by atoms with E-state index in [4.69, 9.17) is 46.9 Å². The van der Waals surface area contributed by atoms with Crippen LogP contribution in [0.5, 0.6) is 17.2 Å². The van der Waals surface area contributed by atoms with Gasteiger partial charge in [0.15, 0.2) is 11.5 Å². The number of nitrogens with zero attached hydrogens (tertiary/aromatic N) is 2. The average Bonchev–Trinajstić information content (AvgIpc) is 3.31. The SMILES string of the molecule is COC(=O)C1(Nc2cccc(Cl)c2)CCC2(CC1)c1cc3c(cc1C[C@@H]2C[C@@H](C)COc1ccnc2c1[C@H](C)CC[C@H]2OC(=O)CCl)OCC(CN(C)C)CO3. The molecule has 0 amide bonds. The number of halogens is 2. The lowest BCUT2D eigenvalue weighted by molar-refractivity contribution is -0.148. The Bertz CT molecular complexity index is 1900. The van der Waals surface area contributed by atoms with Gasteiger partial charge in [-0.1, -0.05) is 31.5 Å². The molecule has 0 bridgehead atoms. The van der Waals surface area contributed by atoms with E-state index in [1.165, 1.54) is 18.2 Å². The molecular formula is C44H55Cl2N3O7. The van der Waals surface area contributed by atoms with Crippen LogP contribution in [0.15, 0.2) is 48.7 Å². The molecule has 1 saturated carbocycles. The number of aromatic nitrogens is 1. The van der Waals surface area contributed by atoms with Crippen LogP contribution in [0.4, 0.5) is 5.69 Å². The Morgan fingerprint density at radius 3 is 2.50 bits per heavy atom. The second-order valence-electron chi connectivity index (χ2n) is 16.8. The fraction of sp³-hybridized carbons (Fsp3) is 0.568. The summed E-state index contributed by atoms with van der Waals surface area (Å²) in [6, 6.07) is 13.9. The second-order valence-corrected chi connectivity index (χ2v) is 17.5. The van der Waals surface area contributed by atoms with Crippen molar-refractivity contribution in [2.24, 2.45) is 17.8 Å². The largest absolute Gasteiger partial charge is 0.493 e. The summed E-state index contributed by atoms with van der Waals surface area (Å²) in [6.07, 6.45) is 7.50. The summed E-state index contributed by atoms with van der Waals surface area (Å²) >= 11 is 12.1. The first kappa shape index (κ1) is 40.5. The number of carbonyl (C=O) groups excluding carboxylic acids is 2. The Morgan fingerprint density at radius 1 is 1.05 bits per heavy atom. The first-order valence-electron chi connectivity index (χ1n) is 20.0. The molecule has 56 heavy (non-hydrogen) atoms. The Hall–Kier alpha value is -3.73. The molecule has 1 aliphatic heterocycles. The summed E-state index contributed by atoms with van der Waals surface area (Å²) in [6.45, 7) is 7.04. The van der Waals surface area contributed by atoms with E-state index in [-0.39, 0.29) is 35.0 Å². The number of methoxy groups -OCH3 is 1. The summed E-state index contributed by atoms with van der Waals surface area (Å²) in [5.41, 5.74) is 4.10. The fourth-order valence-corrected chi connectivity index (χ4v) is 10.1. The van der Waals surface area contributed by atoms with Crippen molar-refractivity contribution in [2.75, 3.05) is 58.8 Å². The number of benzene rings is 2. The van der Waals surface area contributed by atoms with Crippen LogP contribution in [0.25, 0.3) is 0 Å². The predicted molar refractivity (Wildman–Crippen MR) is 217 cm³/mol. The molecule has 2 heterocycles. The van der Waals surface area contributed by atoms with Gasteiger partial charge in [-0.2, -0.15) is 0 Å². The van der Waals surface area contributed by atoms with Gasteiger partial charge in [-0.3, -0.25) is 9.78 Å². The van der Waals surface area contributed by atoms with E-state index < -0.39 is 17.6 Å². The molecule has 3 aromatic rings. The molecule has 1 N–H and O–H groups in total. The van der Waals surface area contributed by atoms with Crippen molar-refractivity contribution in [3.8, 4) is 17.2 Å². The lowest BCUT2D eigenvalue weighted by Gasteiger charge is -2.47. The van der Waals surface area contributed by atoms with Gasteiger partial charge in [0.25, 0.3) is 0 Å². The van der Waals surface area contributed by atoms with Crippen LogP contribution in [0, 0.1) is 17.8 Å². The zero-order valence-corrected chi connectivity index (χ0v) is 34.7. The number of alkyl halides is 1. The molecular weight excluding hydrogens is 753 g/mol. The molecule has 12 heteroatoms. The molecule has 1 aromatic heterocycles. The number of anilines is 1. The lowest BCUT2D eigenvalue weighted by Crippen LogP contribution is -2.53. The van der Waals surface area contributed by atoms with Gasteiger partial charge < -0.3 is 33.9 Å². The minimum absolute atomic E-state index is 0.186. The van der Waals surface area contributed by atoms with E-state index in [2.05, 4.69) is 55.3 Å². The standard InChI is InChI=1S/C44H55Cl2N3O7/c1-27(24-53-35-11-16-47-41-36(56-39(50)22-45)10-9-28(2)40(35)41)17-31-18-30-19-37-38(55-26-29(25-54-37)23-49(3)4)21-34(30)43(31)12-14-44(15-13-43,42(51)52-5)48-33-8-6-7-32(46)20-33/h6-8,11,16,19-21,27-29,31,36,48H,9-10,12-15,17-18,22-26H2,1-5H3/t27-,28-,29?,31+,36-,43?,44?/m1/s1. The van der Waals surface area contributed by atoms with Crippen LogP contribution >= 0.6 is 23.2 Å². The number of pyridine rings is 1. The first-order valence-corrected chi connectivity index (χ1v) is 20.9. The molecule has 5 atom stereocenters. The molecule has 302 valence electrons. The molecule has 1 fully saturated rings. The van der Waals surface area contributed by atoms with Gasteiger partial charge in [-0.25, -0.2) is 4.79 Å². The van der Waals surface area contributed by atoms with E-state index in [1.54, 1.807) is 6.20 Å². The van der Waals surface area contributed by atoms with Crippen molar-refractivity contribution in [1.29, 1.82) is 0 Å². The molecule has 1 spiro atoms. The quantitative estimate of drug-likeness (QED) is 0.141. The molecule has 1 unspecified atom stereocenters. The molecule has 3 aliphatic carbocycles. The molecule has 0 saturated heterocycles. The van der Waals surface area contributed by atoms with Crippen molar-refractivity contribution in [1.82, 2.24) is 9.88 Å². The molecule has 7 rings (SSSR count). The van der Waals surface area contributed by atoms with Gasteiger partial charge in [0.2, 0.25) is 0 Å². The van der Waals surface area contributed by atoms with Gasteiger partial charge in [-0.15, -0.1) is 11.6 Å². The van der Waals surface area contributed by atoms with Gasteiger partial charge in [0, 0.05) is 34.9 Å². The number of rotatable bonds is 12. The van der Waals surface area contributed by atoms with E-state index in [0.717, 1.165) is 72.8 Å². The molecule has 2 aromatic carbocycles. The third-order valence-corrected chi connectivity index (χ3v) is 13.0. The van der Waals surface area contributed by atoms with E-state index in [1.807, 2.05) is 30.3 Å². The highest BCUT2D eigenvalue weighted by Crippen LogP contribution is 2.58. The number of carbonyl (C=O) groups is 2. The Labute approximate surface area is 340 Å². The number of ether oxygens (including phenoxy) is 5. The average molecular weight is 809 g/mol. The van der Waals surface area contributed by atoms with Gasteiger partial charge in [-0.05, 0) is 136 Å². The van der Waals surface area contributed by atoms with Crippen LogP contribution in [0.3, 0.4) is 0 Å². The monoisotopic (exact) mass is 807 g/mol. The third kappa shape index (κ3) is 8.30. The summed E-state index contributed by atoms with van der Waals surface area (Å²) < 4.78 is 30.7. The van der Waals surface area contributed by atoms with Crippen molar-refractivity contribution in [2.45, 2.75) is 88.2 Å². The highest BCUT2D eigenvalue weighted by molar-refractivity contribution is 6.30. The normalized spacial score (nSPS) is 27.1. The predicted octanol–water partition coefficient (Wildman–Crippen LogP) is 8.52. The third-order valence-electron chi connectivity index (χ3n) is 12.5. The van der Waals surface area contributed by atoms with Crippen LogP contribution in [0.1, 0.15) is 93.2 Å². The Kier molecular flexibility index (Phi) is 12.3. The lowest BCUT2D eigenvalue weighted by atomic mass is 9.59. The van der Waals surface area contributed by atoms with Crippen molar-refractivity contribution in [3.05, 3.63) is 76.1 Å². The first-order chi connectivity index (χ1) is 26.9. The van der Waals surface area contributed by atoms with E-state index in [0.29, 0.717) is 50.0 Å².